The summed E-state index contributed by atoms with van der Waals surface area (Å²) in [6, 6.07) is 0. The van der Waals surface area contributed by atoms with Crippen molar-refractivity contribution in [2.24, 2.45) is 5.92 Å². The fourth-order valence-corrected chi connectivity index (χ4v) is 1.42. The molecule has 0 saturated carbocycles. The zero-order chi connectivity index (χ0) is 14.2. The summed E-state index contributed by atoms with van der Waals surface area (Å²) in [4.78, 5) is 22.5. The lowest BCUT2D eigenvalue weighted by Gasteiger charge is -2.21. The minimum atomic E-state index is -0.488. The highest BCUT2D eigenvalue weighted by molar-refractivity contribution is 5.69. The molecule has 0 aromatic heterocycles. The van der Waals surface area contributed by atoms with Gasteiger partial charge in [0.25, 0.3) is 0 Å². The first-order valence-electron chi connectivity index (χ1n) is 6.32. The van der Waals surface area contributed by atoms with E-state index in [0.29, 0.717) is 19.4 Å². The lowest BCUT2D eigenvalue weighted by molar-refractivity contribution is -0.140. The Hall–Kier alpha value is -1.26. The van der Waals surface area contributed by atoms with Crippen LogP contribution >= 0.6 is 0 Å². The number of nitrogens with one attached hydrogen (secondary N) is 1. The molecule has 0 fully saturated rings. The van der Waals surface area contributed by atoms with Gasteiger partial charge < -0.3 is 14.8 Å². The van der Waals surface area contributed by atoms with Crippen LogP contribution in [-0.2, 0) is 14.3 Å². The van der Waals surface area contributed by atoms with E-state index in [0.717, 1.165) is 6.42 Å². The molecule has 0 aromatic carbocycles. The molecule has 0 aliphatic rings. The van der Waals surface area contributed by atoms with Crippen molar-refractivity contribution in [3.05, 3.63) is 0 Å². The minimum Gasteiger partial charge on any atom is -0.469 e. The van der Waals surface area contributed by atoms with E-state index in [1.807, 2.05) is 27.7 Å². The molecule has 1 unspecified atom stereocenters. The number of methoxy groups -OCH3 is 1. The maximum Gasteiger partial charge on any atom is 0.407 e. The molecular formula is C13H25NO4. The summed E-state index contributed by atoms with van der Waals surface area (Å²) in [5.74, 6) is 0.0438. The number of carbonyl (C=O) groups is 2. The van der Waals surface area contributed by atoms with Crippen LogP contribution < -0.4 is 5.32 Å². The summed E-state index contributed by atoms with van der Waals surface area (Å²) in [6.45, 7) is 8.00. The predicted octanol–water partition coefficient (Wildman–Crippen LogP) is 2.49. The monoisotopic (exact) mass is 259 g/mol. The van der Waals surface area contributed by atoms with Gasteiger partial charge in [-0.15, -0.1) is 0 Å². The standard InChI is InChI=1S/C13H25NO4/c1-6-10(7-8-11(15)17-5)9-14-12(16)18-13(2,3)4/h10H,6-9H2,1-5H3,(H,14,16). The molecule has 0 rings (SSSR count). The second-order valence-electron chi connectivity index (χ2n) is 5.27. The van der Waals surface area contributed by atoms with Crippen LogP contribution in [0.4, 0.5) is 4.79 Å². The third kappa shape index (κ3) is 8.84. The van der Waals surface area contributed by atoms with E-state index in [4.69, 9.17) is 4.74 Å². The van der Waals surface area contributed by atoms with E-state index in [9.17, 15) is 9.59 Å². The summed E-state index contributed by atoms with van der Waals surface area (Å²) in [5.41, 5.74) is -0.488. The van der Waals surface area contributed by atoms with E-state index < -0.39 is 11.7 Å². The molecule has 1 N–H and O–H groups in total. The van der Waals surface area contributed by atoms with Crippen molar-refractivity contribution >= 4 is 12.1 Å². The quantitative estimate of drug-likeness (QED) is 0.744. The first kappa shape index (κ1) is 16.7. The van der Waals surface area contributed by atoms with Gasteiger partial charge in [0.05, 0.1) is 7.11 Å². The van der Waals surface area contributed by atoms with Crippen LogP contribution in [0.25, 0.3) is 0 Å². The van der Waals surface area contributed by atoms with Crippen molar-refractivity contribution in [1.29, 1.82) is 0 Å². The highest BCUT2D eigenvalue weighted by atomic mass is 16.6. The Morgan fingerprint density at radius 3 is 2.33 bits per heavy atom. The van der Waals surface area contributed by atoms with Crippen LogP contribution in [0.2, 0.25) is 0 Å². The van der Waals surface area contributed by atoms with E-state index in [1.165, 1.54) is 7.11 Å². The molecule has 0 heterocycles. The fraction of sp³-hybridized carbons (Fsp3) is 0.846. The van der Waals surface area contributed by atoms with E-state index in [-0.39, 0.29) is 11.9 Å². The average Bonchev–Trinajstić information content (AvgIpc) is 2.26. The molecule has 18 heavy (non-hydrogen) atoms. The topological polar surface area (TPSA) is 64.6 Å². The van der Waals surface area contributed by atoms with Crippen molar-refractivity contribution < 1.29 is 19.1 Å². The Labute approximate surface area is 109 Å². The molecule has 0 bridgehead atoms. The average molecular weight is 259 g/mol. The second-order valence-corrected chi connectivity index (χ2v) is 5.27. The highest BCUT2D eigenvalue weighted by Gasteiger charge is 2.17. The maximum atomic E-state index is 11.4. The van der Waals surface area contributed by atoms with Gasteiger partial charge in [0, 0.05) is 13.0 Å². The fourth-order valence-electron chi connectivity index (χ4n) is 1.42. The number of alkyl carbamates (subject to hydrolysis) is 1. The zero-order valence-corrected chi connectivity index (χ0v) is 12.0. The summed E-state index contributed by atoms with van der Waals surface area (Å²) >= 11 is 0. The Balaban J connectivity index is 3.93. The molecule has 0 aliphatic heterocycles. The third-order valence-electron chi connectivity index (χ3n) is 2.50. The molecule has 106 valence electrons. The molecule has 0 aromatic rings. The molecule has 1 atom stereocenters. The predicted molar refractivity (Wildman–Crippen MR) is 69.3 cm³/mol. The third-order valence-corrected chi connectivity index (χ3v) is 2.50. The van der Waals surface area contributed by atoms with Crippen LogP contribution in [0, 0.1) is 5.92 Å². The SMILES string of the molecule is CCC(CCC(=O)OC)CNC(=O)OC(C)(C)C. The summed E-state index contributed by atoms with van der Waals surface area (Å²) < 4.78 is 9.72. The molecule has 0 saturated heterocycles. The minimum absolute atomic E-state index is 0.217. The van der Waals surface area contributed by atoms with Gasteiger partial charge in [-0.1, -0.05) is 13.3 Å². The maximum absolute atomic E-state index is 11.4. The lowest BCUT2D eigenvalue weighted by atomic mass is 10.0. The van der Waals surface area contributed by atoms with Crippen molar-refractivity contribution in [2.75, 3.05) is 13.7 Å². The van der Waals surface area contributed by atoms with Crippen LogP contribution in [0.15, 0.2) is 0 Å². The molecule has 1 amide bonds. The first-order chi connectivity index (χ1) is 8.28. The van der Waals surface area contributed by atoms with Gasteiger partial charge in [-0.3, -0.25) is 4.79 Å². The number of hydrogen-bond donors (Lipinski definition) is 1. The number of ether oxygens (including phenoxy) is 2. The van der Waals surface area contributed by atoms with Crippen LogP contribution in [0.5, 0.6) is 0 Å². The number of carbonyl (C=O) groups excluding carboxylic acids is 2. The van der Waals surface area contributed by atoms with Gasteiger partial charge in [0.1, 0.15) is 5.60 Å². The molecule has 0 spiro atoms. The van der Waals surface area contributed by atoms with Gasteiger partial charge in [0.15, 0.2) is 0 Å². The zero-order valence-electron chi connectivity index (χ0n) is 12.0. The van der Waals surface area contributed by atoms with Crippen molar-refractivity contribution in [2.45, 2.75) is 52.6 Å². The second kappa shape index (κ2) is 7.95. The lowest BCUT2D eigenvalue weighted by Crippen LogP contribution is -2.35. The number of esters is 1. The van der Waals surface area contributed by atoms with Gasteiger partial charge >= 0.3 is 12.1 Å². The van der Waals surface area contributed by atoms with Gasteiger partial charge in [0.2, 0.25) is 0 Å². The Morgan fingerprint density at radius 2 is 1.89 bits per heavy atom. The van der Waals surface area contributed by atoms with Gasteiger partial charge in [-0.2, -0.15) is 0 Å². The summed E-state index contributed by atoms with van der Waals surface area (Å²) in [7, 11) is 1.38. The molecule has 0 aliphatic carbocycles. The molecule has 0 radical (unpaired) electrons. The Bertz CT molecular complexity index is 271. The molecule has 5 heteroatoms. The van der Waals surface area contributed by atoms with Gasteiger partial charge in [-0.25, -0.2) is 4.79 Å². The number of hydrogen-bond acceptors (Lipinski definition) is 4. The Morgan fingerprint density at radius 1 is 1.28 bits per heavy atom. The van der Waals surface area contributed by atoms with E-state index in [2.05, 4.69) is 10.1 Å². The van der Waals surface area contributed by atoms with Crippen molar-refractivity contribution in [3.8, 4) is 0 Å². The van der Waals surface area contributed by atoms with E-state index >= 15 is 0 Å². The highest BCUT2D eigenvalue weighted by Crippen LogP contribution is 2.11. The summed E-state index contributed by atoms with van der Waals surface area (Å²) in [5, 5.41) is 2.72. The molecular weight excluding hydrogens is 234 g/mol. The van der Waals surface area contributed by atoms with Crippen LogP contribution in [-0.4, -0.2) is 31.3 Å². The number of amides is 1. The van der Waals surface area contributed by atoms with E-state index in [1.54, 1.807) is 0 Å². The number of rotatable bonds is 6. The van der Waals surface area contributed by atoms with Crippen LogP contribution in [0.1, 0.15) is 47.0 Å². The Kier molecular flexibility index (Phi) is 7.39. The van der Waals surface area contributed by atoms with Crippen LogP contribution in [0.3, 0.4) is 0 Å². The largest absolute Gasteiger partial charge is 0.469 e. The first-order valence-corrected chi connectivity index (χ1v) is 6.32. The summed E-state index contributed by atoms with van der Waals surface area (Å²) in [6.07, 6.45) is 1.57. The normalized spacial score (nSPS) is 12.7. The smallest absolute Gasteiger partial charge is 0.407 e. The van der Waals surface area contributed by atoms with Crippen molar-refractivity contribution in [1.82, 2.24) is 5.32 Å². The van der Waals surface area contributed by atoms with Crippen molar-refractivity contribution in [3.63, 3.8) is 0 Å². The molecule has 5 nitrogen and oxygen atoms in total. The van der Waals surface area contributed by atoms with Gasteiger partial charge in [-0.05, 0) is 33.1 Å².